The number of hydrogen-bond acceptors (Lipinski definition) is 3. The van der Waals surface area contributed by atoms with Crippen LogP contribution in [0.15, 0.2) is 0 Å². The largest absolute Gasteiger partial charge is 0.353 e. The molecule has 6 heteroatoms. The van der Waals surface area contributed by atoms with E-state index in [0.717, 1.165) is 64.6 Å². The summed E-state index contributed by atoms with van der Waals surface area (Å²) in [7, 11) is 0. The van der Waals surface area contributed by atoms with Crippen LogP contribution < -0.4 is 10.6 Å². The molecule has 0 aromatic heterocycles. The predicted molar refractivity (Wildman–Crippen MR) is 104 cm³/mol. The van der Waals surface area contributed by atoms with Crippen LogP contribution in [-0.2, 0) is 9.59 Å². The number of halogens is 1. The van der Waals surface area contributed by atoms with E-state index in [1.807, 2.05) is 6.92 Å². The van der Waals surface area contributed by atoms with Crippen molar-refractivity contribution in [2.24, 2.45) is 5.92 Å². The van der Waals surface area contributed by atoms with Gasteiger partial charge >= 0.3 is 0 Å². The summed E-state index contributed by atoms with van der Waals surface area (Å²) < 4.78 is 0. The van der Waals surface area contributed by atoms with Gasteiger partial charge in [-0.05, 0) is 52.1 Å². The Morgan fingerprint density at radius 1 is 1.12 bits per heavy atom. The van der Waals surface area contributed by atoms with Crippen LogP contribution in [0.1, 0.15) is 71.6 Å². The summed E-state index contributed by atoms with van der Waals surface area (Å²) in [6.07, 6.45) is 9.05. The first-order valence-electron chi connectivity index (χ1n) is 9.92. The molecule has 5 nitrogen and oxygen atoms in total. The Bertz CT molecular complexity index is 407. The fraction of sp³-hybridized carbons (Fsp3) is 0.895. The van der Waals surface area contributed by atoms with Crippen molar-refractivity contribution in [3.05, 3.63) is 0 Å². The highest BCUT2D eigenvalue weighted by Crippen LogP contribution is 2.24. The summed E-state index contributed by atoms with van der Waals surface area (Å²) in [6, 6.07) is 0.285. The summed E-state index contributed by atoms with van der Waals surface area (Å²) in [5, 5.41) is 6.44. The second-order valence-electron chi connectivity index (χ2n) is 7.52. The molecule has 1 heterocycles. The fourth-order valence-corrected chi connectivity index (χ4v) is 4.03. The number of carbonyl (C=O) groups excluding carboxylic acids is 2. The van der Waals surface area contributed by atoms with Gasteiger partial charge in [0.25, 0.3) is 0 Å². The average Bonchev–Trinajstić information content (AvgIpc) is 2.60. The van der Waals surface area contributed by atoms with Crippen molar-refractivity contribution in [2.75, 3.05) is 19.6 Å². The van der Waals surface area contributed by atoms with Crippen molar-refractivity contribution in [1.82, 2.24) is 15.5 Å². The fourth-order valence-electron chi connectivity index (χ4n) is 4.03. The van der Waals surface area contributed by atoms with Gasteiger partial charge in [-0.3, -0.25) is 9.59 Å². The minimum Gasteiger partial charge on any atom is -0.353 e. The van der Waals surface area contributed by atoms with Crippen LogP contribution in [0.4, 0.5) is 0 Å². The third kappa shape index (κ3) is 7.14. The zero-order chi connectivity index (χ0) is 17.4. The molecule has 1 aliphatic heterocycles. The maximum absolute atomic E-state index is 12.8. The molecular formula is C19H36ClN3O2. The highest BCUT2D eigenvalue weighted by molar-refractivity contribution is 5.85. The van der Waals surface area contributed by atoms with E-state index in [9.17, 15) is 9.59 Å². The molecule has 2 fully saturated rings. The van der Waals surface area contributed by atoms with E-state index in [-0.39, 0.29) is 36.2 Å². The molecule has 0 spiro atoms. The van der Waals surface area contributed by atoms with Crippen molar-refractivity contribution >= 4 is 24.2 Å². The summed E-state index contributed by atoms with van der Waals surface area (Å²) in [5.74, 6) is 0.506. The maximum Gasteiger partial charge on any atom is 0.224 e. The Kier molecular flexibility index (Phi) is 10.4. The normalized spacial score (nSPS) is 20.4. The van der Waals surface area contributed by atoms with Gasteiger partial charge in [0.1, 0.15) is 0 Å². The van der Waals surface area contributed by atoms with E-state index in [4.69, 9.17) is 0 Å². The van der Waals surface area contributed by atoms with Gasteiger partial charge in [-0.1, -0.05) is 26.2 Å². The molecule has 1 unspecified atom stereocenters. The maximum atomic E-state index is 12.8. The summed E-state index contributed by atoms with van der Waals surface area (Å²) in [6.45, 7) is 6.89. The molecule has 2 N–H and O–H groups in total. The Labute approximate surface area is 159 Å². The zero-order valence-electron chi connectivity index (χ0n) is 15.9. The third-order valence-electron chi connectivity index (χ3n) is 5.38. The topological polar surface area (TPSA) is 61.4 Å². The average molecular weight is 374 g/mol. The zero-order valence-corrected chi connectivity index (χ0v) is 16.7. The molecule has 0 bridgehead atoms. The van der Waals surface area contributed by atoms with Crippen LogP contribution in [0.25, 0.3) is 0 Å². The smallest absolute Gasteiger partial charge is 0.224 e. The van der Waals surface area contributed by atoms with Crippen molar-refractivity contribution < 1.29 is 9.59 Å². The highest BCUT2D eigenvalue weighted by atomic mass is 35.5. The number of hydrogen-bond donors (Lipinski definition) is 2. The van der Waals surface area contributed by atoms with Crippen molar-refractivity contribution in [2.45, 2.75) is 83.7 Å². The van der Waals surface area contributed by atoms with Crippen LogP contribution in [0.5, 0.6) is 0 Å². The second kappa shape index (κ2) is 11.7. The molecule has 1 aliphatic carbocycles. The standard InChI is InChI=1S/C19H35N3O2.ClH/c1-3-13-22(17-9-11-20-12-10-17)18(23)14-15(2)21-19(24)16-7-5-4-6-8-16;/h15-17,20H,3-14H2,1-2H3,(H,21,24);1H. The number of rotatable bonds is 7. The number of carbonyl (C=O) groups is 2. The van der Waals surface area contributed by atoms with E-state index >= 15 is 0 Å². The van der Waals surface area contributed by atoms with Crippen molar-refractivity contribution in [3.63, 3.8) is 0 Å². The SMILES string of the molecule is CCCN(C(=O)CC(C)NC(=O)C1CCCCC1)C1CCNCC1.Cl. The minimum absolute atomic E-state index is 0. The van der Waals surface area contributed by atoms with Crippen LogP contribution in [-0.4, -0.2) is 48.4 Å². The van der Waals surface area contributed by atoms with Gasteiger partial charge in [0, 0.05) is 31.0 Å². The van der Waals surface area contributed by atoms with E-state index in [2.05, 4.69) is 22.5 Å². The molecule has 2 amide bonds. The lowest BCUT2D eigenvalue weighted by Gasteiger charge is -2.35. The molecule has 146 valence electrons. The van der Waals surface area contributed by atoms with Crippen LogP contribution in [0.2, 0.25) is 0 Å². The molecule has 0 aromatic carbocycles. The number of nitrogens with one attached hydrogen (secondary N) is 2. The molecule has 0 radical (unpaired) electrons. The molecule has 1 atom stereocenters. The van der Waals surface area contributed by atoms with Gasteiger partial charge in [0.15, 0.2) is 0 Å². The summed E-state index contributed by atoms with van der Waals surface area (Å²) in [4.78, 5) is 27.2. The summed E-state index contributed by atoms with van der Waals surface area (Å²) >= 11 is 0. The Morgan fingerprint density at radius 3 is 2.36 bits per heavy atom. The Balaban J connectivity index is 0.00000312. The predicted octanol–water partition coefficient (Wildman–Crippen LogP) is 2.87. The van der Waals surface area contributed by atoms with Gasteiger partial charge in [-0.15, -0.1) is 12.4 Å². The van der Waals surface area contributed by atoms with E-state index in [1.165, 1.54) is 6.42 Å². The van der Waals surface area contributed by atoms with Crippen LogP contribution in [0.3, 0.4) is 0 Å². The monoisotopic (exact) mass is 373 g/mol. The highest BCUT2D eigenvalue weighted by Gasteiger charge is 2.27. The van der Waals surface area contributed by atoms with Gasteiger partial charge in [0.05, 0.1) is 0 Å². The van der Waals surface area contributed by atoms with E-state index < -0.39 is 0 Å². The Morgan fingerprint density at radius 2 is 1.76 bits per heavy atom. The summed E-state index contributed by atoms with van der Waals surface area (Å²) in [5.41, 5.74) is 0. The third-order valence-corrected chi connectivity index (χ3v) is 5.38. The molecule has 2 aliphatic rings. The van der Waals surface area contributed by atoms with Crippen molar-refractivity contribution in [1.29, 1.82) is 0 Å². The minimum atomic E-state index is -0.0759. The molecule has 1 saturated heterocycles. The van der Waals surface area contributed by atoms with Gasteiger partial charge < -0.3 is 15.5 Å². The van der Waals surface area contributed by atoms with Crippen LogP contribution in [0, 0.1) is 5.92 Å². The first kappa shape index (κ1) is 22.2. The lowest BCUT2D eigenvalue weighted by Crippen LogP contribution is -2.48. The quantitative estimate of drug-likeness (QED) is 0.721. The van der Waals surface area contributed by atoms with E-state index in [0.29, 0.717) is 12.5 Å². The Hall–Kier alpha value is -0.810. The molecule has 0 aromatic rings. The van der Waals surface area contributed by atoms with Gasteiger partial charge in [-0.25, -0.2) is 0 Å². The first-order valence-corrected chi connectivity index (χ1v) is 9.92. The second-order valence-corrected chi connectivity index (χ2v) is 7.52. The molecule has 25 heavy (non-hydrogen) atoms. The van der Waals surface area contributed by atoms with Crippen molar-refractivity contribution in [3.8, 4) is 0 Å². The van der Waals surface area contributed by atoms with E-state index in [1.54, 1.807) is 0 Å². The molecular weight excluding hydrogens is 338 g/mol. The lowest BCUT2D eigenvalue weighted by atomic mass is 9.88. The van der Waals surface area contributed by atoms with Gasteiger partial charge in [0.2, 0.25) is 11.8 Å². The molecule has 2 rings (SSSR count). The van der Waals surface area contributed by atoms with Gasteiger partial charge in [-0.2, -0.15) is 0 Å². The lowest BCUT2D eigenvalue weighted by molar-refractivity contribution is -0.135. The number of piperidine rings is 1. The molecule has 1 saturated carbocycles. The van der Waals surface area contributed by atoms with Crippen LogP contribution >= 0.6 is 12.4 Å². The number of amides is 2. The number of nitrogens with zero attached hydrogens (tertiary/aromatic N) is 1. The first-order chi connectivity index (χ1) is 11.6.